The highest BCUT2D eigenvalue weighted by Gasteiger charge is 2.42. The molecule has 2 rings (SSSR count). The molecule has 0 saturated heterocycles. The van der Waals surface area contributed by atoms with E-state index in [-0.39, 0.29) is 11.5 Å². The van der Waals surface area contributed by atoms with Gasteiger partial charge in [0.1, 0.15) is 0 Å². The van der Waals surface area contributed by atoms with Crippen LogP contribution < -0.4 is 5.32 Å². The number of carboxylic acids is 1. The SMILES string of the molecule is CC(C)CC1(CNC(=O)CCc2ccccc2C(=O)O)CC1. The predicted molar refractivity (Wildman–Crippen MR) is 85.9 cm³/mol. The molecule has 1 aliphatic rings. The first-order valence-corrected chi connectivity index (χ1v) is 8.00. The zero-order valence-corrected chi connectivity index (χ0v) is 13.4. The van der Waals surface area contributed by atoms with E-state index >= 15 is 0 Å². The molecule has 4 heteroatoms. The second-order valence-corrected chi connectivity index (χ2v) is 6.84. The predicted octanol–water partition coefficient (Wildman–Crippen LogP) is 3.26. The molecule has 0 radical (unpaired) electrons. The molecule has 0 spiro atoms. The summed E-state index contributed by atoms with van der Waals surface area (Å²) in [5.74, 6) is -0.276. The number of carbonyl (C=O) groups excluding carboxylic acids is 1. The summed E-state index contributed by atoms with van der Waals surface area (Å²) in [6.07, 6.45) is 4.36. The van der Waals surface area contributed by atoms with E-state index in [4.69, 9.17) is 5.11 Å². The number of aromatic carboxylic acids is 1. The Morgan fingerprint density at radius 2 is 1.95 bits per heavy atom. The van der Waals surface area contributed by atoms with Gasteiger partial charge in [-0.05, 0) is 48.6 Å². The third-order valence-corrected chi connectivity index (χ3v) is 4.33. The molecule has 0 aliphatic heterocycles. The Bertz CT molecular complexity index is 547. The van der Waals surface area contributed by atoms with Crippen LogP contribution in [-0.4, -0.2) is 23.5 Å². The van der Waals surface area contributed by atoms with Crippen molar-refractivity contribution in [2.24, 2.45) is 11.3 Å². The molecule has 1 aromatic carbocycles. The van der Waals surface area contributed by atoms with Crippen LogP contribution in [0.15, 0.2) is 24.3 Å². The number of benzene rings is 1. The van der Waals surface area contributed by atoms with Gasteiger partial charge in [0.05, 0.1) is 5.56 Å². The minimum Gasteiger partial charge on any atom is -0.478 e. The van der Waals surface area contributed by atoms with Crippen LogP contribution in [0.4, 0.5) is 0 Å². The van der Waals surface area contributed by atoms with Crippen molar-refractivity contribution < 1.29 is 14.7 Å². The molecular formula is C18H25NO3. The summed E-state index contributed by atoms with van der Waals surface area (Å²) in [4.78, 5) is 23.1. The number of carbonyl (C=O) groups is 2. The summed E-state index contributed by atoms with van der Waals surface area (Å²) in [5.41, 5.74) is 1.32. The summed E-state index contributed by atoms with van der Waals surface area (Å²) in [7, 11) is 0. The normalized spacial score (nSPS) is 15.6. The van der Waals surface area contributed by atoms with Gasteiger partial charge in [-0.3, -0.25) is 4.79 Å². The van der Waals surface area contributed by atoms with Crippen molar-refractivity contribution in [3.63, 3.8) is 0 Å². The summed E-state index contributed by atoms with van der Waals surface area (Å²) < 4.78 is 0. The van der Waals surface area contributed by atoms with E-state index in [9.17, 15) is 9.59 Å². The van der Waals surface area contributed by atoms with E-state index in [0.717, 1.165) is 13.0 Å². The van der Waals surface area contributed by atoms with E-state index in [1.165, 1.54) is 12.8 Å². The average Bonchev–Trinajstić information content (AvgIpc) is 3.22. The number of rotatable bonds is 8. The fourth-order valence-corrected chi connectivity index (χ4v) is 3.07. The van der Waals surface area contributed by atoms with Crippen LogP contribution in [-0.2, 0) is 11.2 Å². The lowest BCUT2D eigenvalue weighted by Crippen LogP contribution is -2.31. The van der Waals surface area contributed by atoms with Crippen molar-refractivity contribution in [2.45, 2.75) is 46.0 Å². The highest BCUT2D eigenvalue weighted by Crippen LogP contribution is 2.49. The van der Waals surface area contributed by atoms with Crippen molar-refractivity contribution in [1.29, 1.82) is 0 Å². The standard InChI is InChI=1S/C18H25NO3/c1-13(2)11-18(9-10-18)12-19-16(20)8-7-14-5-3-4-6-15(14)17(21)22/h3-6,13H,7-12H2,1-2H3,(H,19,20)(H,21,22). The van der Waals surface area contributed by atoms with Crippen molar-refractivity contribution in [2.75, 3.05) is 6.54 Å². The maximum absolute atomic E-state index is 12.0. The minimum absolute atomic E-state index is 0.00947. The van der Waals surface area contributed by atoms with Gasteiger partial charge >= 0.3 is 5.97 Å². The van der Waals surface area contributed by atoms with Crippen LogP contribution >= 0.6 is 0 Å². The lowest BCUT2D eigenvalue weighted by atomic mass is 9.94. The average molecular weight is 303 g/mol. The highest BCUT2D eigenvalue weighted by atomic mass is 16.4. The minimum atomic E-state index is -0.940. The third kappa shape index (κ3) is 4.58. The number of nitrogens with one attached hydrogen (secondary N) is 1. The van der Waals surface area contributed by atoms with Crippen LogP contribution in [0, 0.1) is 11.3 Å². The van der Waals surface area contributed by atoms with Gasteiger partial charge in [-0.25, -0.2) is 4.79 Å². The third-order valence-electron chi connectivity index (χ3n) is 4.33. The molecule has 4 nitrogen and oxygen atoms in total. The first-order chi connectivity index (χ1) is 10.4. The fraction of sp³-hybridized carbons (Fsp3) is 0.556. The lowest BCUT2D eigenvalue weighted by Gasteiger charge is -2.18. The van der Waals surface area contributed by atoms with Crippen LogP contribution in [0.5, 0.6) is 0 Å². The van der Waals surface area contributed by atoms with Crippen LogP contribution in [0.1, 0.15) is 55.5 Å². The first kappa shape index (κ1) is 16.5. The molecular weight excluding hydrogens is 278 g/mol. The van der Waals surface area contributed by atoms with Crippen molar-refractivity contribution in [1.82, 2.24) is 5.32 Å². The van der Waals surface area contributed by atoms with E-state index in [1.807, 2.05) is 6.07 Å². The summed E-state index contributed by atoms with van der Waals surface area (Å²) in [6, 6.07) is 6.87. The van der Waals surface area contributed by atoms with Gasteiger partial charge in [0.2, 0.25) is 5.91 Å². The Kier molecular flexibility index (Phi) is 5.22. The molecule has 0 unspecified atom stereocenters. The molecule has 2 N–H and O–H groups in total. The summed E-state index contributed by atoms with van der Waals surface area (Å²) in [6.45, 7) is 5.18. The fourth-order valence-electron chi connectivity index (χ4n) is 3.07. The maximum atomic E-state index is 12.0. The molecule has 120 valence electrons. The summed E-state index contributed by atoms with van der Waals surface area (Å²) >= 11 is 0. The second kappa shape index (κ2) is 6.95. The van der Waals surface area contributed by atoms with Gasteiger partial charge < -0.3 is 10.4 Å². The molecule has 1 fully saturated rings. The lowest BCUT2D eigenvalue weighted by molar-refractivity contribution is -0.121. The van der Waals surface area contributed by atoms with Crippen molar-refractivity contribution >= 4 is 11.9 Å². The smallest absolute Gasteiger partial charge is 0.335 e. The van der Waals surface area contributed by atoms with Crippen molar-refractivity contribution in [3.8, 4) is 0 Å². The van der Waals surface area contributed by atoms with Gasteiger partial charge in [-0.15, -0.1) is 0 Å². The summed E-state index contributed by atoms with van der Waals surface area (Å²) in [5, 5.41) is 12.2. The molecule has 1 saturated carbocycles. The zero-order chi connectivity index (χ0) is 16.2. The van der Waals surface area contributed by atoms with Gasteiger partial charge in [-0.2, -0.15) is 0 Å². The van der Waals surface area contributed by atoms with Gasteiger partial charge in [0.15, 0.2) is 0 Å². The number of carboxylic acid groups (broad SMARTS) is 1. The largest absolute Gasteiger partial charge is 0.478 e. The van der Waals surface area contributed by atoms with Crippen LogP contribution in [0.2, 0.25) is 0 Å². The molecule has 1 aliphatic carbocycles. The van der Waals surface area contributed by atoms with E-state index in [0.29, 0.717) is 29.7 Å². The maximum Gasteiger partial charge on any atom is 0.335 e. The Morgan fingerprint density at radius 1 is 1.27 bits per heavy atom. The van der Waals surface area contributed by atoms with E-state index < -0.39 is 5.97 Å². The first-order valence-electron chi connectivity index (χ1n) is 8.00. The van der Waals surface area contributed by atoms with Gasteiger partial charge in [0, 0.05) is 13.0 Å². The number of hydrogen-bond acceptors (Lipinski definition) is 2. The van der Waals surface area contributed by atoms with Gasteiger partial charge in [0.25, 0.3) is 0 Å². The van der Waals surface area contributed by atoms with Gasteiger partial charge in [-0.1, -0.05) is 32.0 Å². The quantitative estimate of drug-likeness (QED) is 0.774. The highest BCUT2D eigenvalue weighted by molar-refractivity contribution is 5.89. The topological polar surface area (TPSA) is 66.4 Å². The Balaban J connectivity index is 1.80. The van der Waals surface area contributed by atoms with Crippen LogP contribution in [0.25, 0.3) is 0 Å². The van der Waals surface area contributed by atoms with Crippen molar-refractivity contribution in [3.05, 3.63) is 35.4 Å². The second-order valence-electron chi connectivity index (χ2n) is 6.84. The molecule has 0 aromatic heterocycles. The molecule has 1 aromatic rings. The van der Waals surface area contributed by atoms with Crippen LogP contribution in [0.3, 0.4) is 0 Å². The van der Waals surface area contributed by atoms with E-state index in [1.54, 1.807) is 18.2 Å². The molecule has 0 bridgehead atoms. The molecule has 0 heterocycles. The zero-order valence-electron chi connectivity index (χ0n) is 13.4. The number of hydrogen-bond donors (Lipinski definition) is 2. The molecule has 1 amide bonds. The Morgan fingerprint density at radius 3 is 2.55 bits per heavy atom. The Labute approximate surface area is 131 Å². The number of aryl methyl sites for hydroxylation is 1. The monoisotopic (exact) mass is 303 g/mol. The molecule has 22 heavy (non-hydrogen) atoms. The number of amides is 1. The molecule has 0 atom stereocenters. The van der Waals surface area contributed by atoms with E-state index in [2.05, 4.69) is 19.2 Å². The Hall–Kier alpha value is -1.84.